The molecule has 0 bridgehead atoms. The maximum atomic E-state index is 11.8. The van der Waals surface area contributed by atoms with Crippen LogP contribution in [0.5, 0.6) is 0 Å². The van der Waals surface area contributed by atoms with E-state index in [1.54, 1.807) is 12.3 Å². The molecule has 1 amide bonds. The molecule has 1 rings (SSSR count). The topological polar surface area (TPSA) is 65.1 Å². The van der Waals surface area contributed by atoms with E-state index in [-0.39, 0.29) is 17.9 Å². The summed E-state index contributed by atoms with van der Waals surface area (Å²) >= 11 is 3.29. The third-order valence-electron chi connectivity index (χ3n) is 2.63. The maximum absolute atomic E-state index is 11.8. The Morgan fingerprint density at radius 2 is 2.29 bits per heavy atom. The molecule has 0 saturated heterocycles. The molecule has 3 N–H and O–H groups in total. The zero-order chi connectivity index (χ0) is 12.9. The average molecular weight is 303 g/mol. The highest BCUT2D eigenvalue weighted by molar-refractivity contribution is 9.10. The lowest BCUT2D eigenvalue weighted by Crippen LogP contribution is -2.34. The van der Waals surface area contributed by atoms with Crippen LogP contribution in [0, 0.1) is 5.41 Å². The minimum atomic E-state index is -0.104. The third kappa shape index (κ3) is 4.91. The monoisotopic (exact) mass is 302 g/mol. The van der Waals surface area contributed by atoms with Crippen molar-refractivity contribution < 1.29 is 9.90 Å². The lowest BCUT2D eigenvalue weighted by molar-refractivity contribution is 0.0928. The van der Waals surface area contributed by atoms with Gasteiger partial charge in [-0.1, -0.05) is 13.8 Å². The van der Waals surface area contributed by atoms with Gasteiger partial charge in [0, 0.05) is 23.8 Å². The van der Waals surface area contributed by atoms with E-state index in [9.17, 15) is 4.79 Å². The predicted octanol–water partition coefficient (Wildman–Crippen LogP) is 2.31. The Labute approximate surface area is 110 Å². The summed E-state index contributed by atoms with van der Waals surface area (Å²) in [7, 11) is 0. The van der Waals surface area contributed by atoms with Gasteiger partial charge in [-0.15, -0.1) is 0 Å². The van der Waals surface area contributed by atoms with Crippen LogP contribution in [-0.2, 0) is 0 Å². The molecular weight excluding hydrogens is 284 g/mol. The van der Waals surface area contributed by atoms with Gasteiger partial charge in [-0.2, -0.15) is 0 Å². The van der Waals surface area contributed by atoms with Crippen LogP contribution in [-0.4, -0.2) is 29.1 Å². The number of H-pyrrole nitrogens is 1. The molecule has 0 aliphatic heterocycles. The fourth-order valence-electron chi connectivity index (χ4n) is 1.56. The van der Waals surface area contributed by atoms with Crippen LogP contribution in [0.15, 0.2) is 16.7 Å². The molecular formula is C12H19BrN2O2. The quantitative estimate of drug-likeness (QED) is 0.755. The summed E-state index contributed by atoms with van der Waals surface area (Å²) in [4.78, 5) is 14.7. The number of halogens is 1. The largest absolute Gasteiger partial charge is 0.396 e. The van der Waals surface area contributed by atoms with Crippen molar-refractivity contribution in [2.24, 2.45) is 5.41 Å². The van der Waals surface area contributed by atoms with Gasteiger partial charge in [-0.3, -0.25) is 4.79 Å². The van der Waals surface area contributed by atoms with E-state index in [1.807, 2.05) is 0 Å². The maximum Gasteiger partial charge on any atom is 0.267 e. The lowest BCUT2D eigenvalue weighted by atomic mass is 9.88. The highest BCUT2D eigenvalue weighted by Crippen LogP contribution is 2.21. The zero-order valence-corrected chi connectivity index (χ0v) is 11.8. The molecule has 5 heteroatoms. The SMILES string of the molecule is CC(C)(CCCO)CNC(=O)c1cc(Br)c[nH]1. The zero-order valence-electron chi connectivity index (χ0n) is 10.2. The number of amides is 1. The number of aromatic nitrogens is 1. The molecule has 0 aliphatic rings. The first-order chi connectivity index (χ1) is 7.94. The molecule has 17 heavy (non-hydrogen) atoms. The van der Waals surface area contributed by atoms with Gasteiger partial charge in [0.15, 0.2) is 0 Å². The Bertz CT molecular complexity index is 374. The number of carbonyl (C=O) groups excluding carboxylic acids is 1. The van der Waals surface area contributed by atoms with Gasteiger partial charge in [0.2, 0.25) is 0 Å². The molecule has 0 fully saturated rings. The number of aliphatic hydroxyl groups excluding tert-OH is 1. The second kappa shape index (κ2) is 6.21. The predicted molar refractivity (Wildman–Crippen MR) is 70.9 cm³/mol. The molecule has 1 heterocycles. The number of nitrogens with one attached hydrogen (secondary N) is 2. The fourth-order valence-corrected chi connectivity index (χ4v) is 1.90. The van der Waals surface area contributed by atoms with Crippen molar-refractivity contribution in [3.8, 4) is 0 Å². The van der Waals surface area contributed by atoms with Crippen molar-refractivity contribution >= 4 is 21.8 Å². The Morgan fingerprint density at radius 3 is 2.82 bits per heavy atom. The molecule has 0 aliphatic carbocycles. The number of rotatable bonds is 6. The van der Waals surface area contributed by atoms with Crippen molar-refractivity contribution in [3.63, 3.8) is 0 Å². The molecule has 0 radical (unpaired) electrons. The highest BCUT2D eigenvalue weighted by atomic mass is 79.9. The van der Waals surface area contributed by atoms with Crippen molar-refractivity contribution in [3.05, 3.63) is 22.4 Å². The summed E-state index contributed by atoms with van der Waals surface area (Å²) in [5.74, 6) is -0.104. The first-order valence-corrected chi connectivity index (χ1v) is 6.47. The van der Waals surface area contributed by atoms with E-state index in [0.29, 0.717) is 12.2 Å². The number of hydrogen-bond acceptors (Lipinski definition) is 2. The Balaban J connectivity index is 2.42. The highest BCUT2D eigenvalue weighted by Gasteiger charge is 2.19. The van der Waals surface area contributed by atoms with Gasteiger partial charge in [0.05, 0.1) is 0 Å². The van der Waals surface area contributed by atoms with E-state index < -0.39 is 0 Å². The first-order valence-electron chi connectivity index (χ1n) is 5.67. The molecule has 4 nitrogen and oxygen atoms in total. The first kappa shape index (κ1) is 14.3. The van der Waals surface area contributed by atoms with E-state index in [4.69, 9.17) is 5.11 Å². The van der Waals surface area contributed by atoms with E-state index in [0.717, 1.165) is 17.3 Å². The fraction of sp³-hybridized carbons (Fsp3) is 0.583. The van der Waals surface area contributed by atoms with Gasteiger partial charge in [0.25, 0.3) is 5.91 Å². The van der Waals surface area contributed by atoms with Gasteiger partial charge in [-0.05, 0) is 40.3 Å². The van der Waals surface area contributed by atoms with Crippen molar-refractivity contribution in [1.29, 1.82) is 0 Å². The Hall–Kier alpha value is -0.810. The summed E-state index contributed by atoms with van der Waals surface area (Å²) in [6.45, 7) is 4.95. The van der Waals surface area contributed by atoms with E-state index >= 15 is 0 Å². The molecule has 0 saturated carbocycles. The number of aliphatic hydroxyl groups is 1. The van der Waals surface area contributed by atoms with Crippen LogP contribution in [0.2, 0.25) is 0 Å². The van der Waals surface area contributed by atoms with Crippen LogP contribution in [0.25, 0.3) is 0 Å². The van der Waals surface area contributed by atoms with Crippen LogP contribution in [0.4, 0.5) is 0 Å². The standard InChI is InChI=1S/C12H19BrN2O2/c1-12(2,4-3-5-16)8-15-11(17)10-6-9(13)7-14-10/h6-7,14,16H,3-5,8H2,1-2H3,(H,15,17). The van der Waals surface area contributed by atoms with Crippen LogP contribution < -0.4 is 5.32 Å². The molecule has 0 aromatic carbocycles. The summed E-state index contributed by atoms with van der Waals surface area (Å²) < 4.78 is 0.863. The average Bonchev–Trinajstić information content (AvgIpc) is 2.70. The van der Waals surface area contributed by atoms with Crippen LogP contribution in [0.3, 0.4) is 0 Å². The minimum absolute atomic E-state index is 0.00220. The number of carbonyl (C=O) groups is 1. The minimum Gasteiger partial charge on any atom is -0.396 e. The van der Waals surface area contributed by atoms with Gasteiger partial charge < -0.3 is 15.4 Å². The molecule has 96 valence electrons. The molecule has 0 unspecified atom stereocenters. The summed E-state index contributed by atoms with van der Waals surface area (Å²) in [6.07, 6.45) is 3.38. The van der Waals surface area contributed by atoms with Gasteiger partial charge in [-0.25, -0.2) is 0 Å². The lowest BCUT2D eigenvalue weighted by Gasteiger charge is -2.24. The second-order valence-corrected chi connectivity index (χ2v) is 5.82. The summed E-state index contributed by atoms with van der Waals surface area (Å²) in [5.41, 5.74) is 0.553. The molecule has 0 atom stereocenters. The van der Waals surface area contributed by atoms with Gasteiger partial charge in [0.1, 0.15) is 5.69 Å². The Morgan fingerprint density at radius 1 is 1.59 bits per heavy atom. The van der Waals surface area contributed by atoms with Crippen molar-refractivity contribution in [2.75, 3.05) is 13.2 Å². The second-order valence-electron chi connectivity index (χ2n) is 4.91. The third-order valence-corrected chi connectivity index (χ3v) is 3.09. The number of hydrogen-bond donors (Lipinski definition) is 3. The van der Waals surface area contributed by atoms with E-state index in [2.05, 4.69) is 40.1 Å². The smallest absolute Gasteiger partial charge is 0.267 e. The normalized spacial score (nSPS) is 11.5. The van der Waals surface area contributed by atoms with Crippen molar-refractivity contribution in [1.82, 2.24) is 10.3 Å². The van der Waals surface area contributed by atoms with Crippen LogP contribution >= 0.6 is 15.9 Å². The summed E-state index contributed by atoms with van der Waals surface area (Å²) in [5, 5.41) is 11.7. The summed E-state index contributed by atoms with van der Waals surface area (Å²) in [6, 6.07) is 1.75. The Kier molecular flexibility index (Phi) is 5.21. The van der Waals surface area contributed by atoms with E-state index in [1.165, 1.54) is 0 Å². The van der Waals surface area contributed by atoms with Crippen LogP contribution in [0.1, 0.15) is 37.2 Å². The van der Waals surface area contributed by atoms with Gasteiger partial charge >= 0.3 is 0 Å². The van der Waals surface area contributed by atoms with Crippen molar-refractivity contribution in [2.45, 2.75) is 26.7 Å². The number of aromatic amines is 1. The molecule has 1 aromatic heterocycles. The molecule has 1 aromatic rings. The molecule has 0 spiro atoms.